The molecule has 0 aliphatic heterocycles. The molecule has 0 saturated carbocycles. The molecule has 0 aliphatic rings. The van der Waals surface area contributed by atoms with Crippen molar-refractivity contribution < 1.29 is 23.8 Å². The summed E-state index contributed by atoms with van der Waals surface area (Å²) in [6.07, 6.45) is 0.311. The van der Waals surface area contributed by atoms with Crippen LogP contribution in [0.15, 0.2) is 42.6 Å². The lowest BCUT2D eigenvalue weighted by Crippen LogP contribution is -2.20. The molecule has 3 rings (SSSR count). The van der Waals surface area contributed by atoms with Crippen LogP contribution in [-0.4, -0.2) is 26.1 Å². The van der Waals surface area contributed by atoms with Crippen molar-refractivity contribution in [1.82, 2.24) is 15.1 Å². The van der Waals surface area contributed by atoms with E-state index in [0.717, 1.165) is 27.9 Å². The van der Waals surface area contributed by atoms with Gasteiger partial charge in [0.2, 0.25) is 0 Å². The van der Waals surface area contributed by atoms with Crippen LogP contribution in [0.5, 0.6) is 0 Å². The van der Waals surface area contributed by atoms with Gasteiger partial charge in [0.15, 0.2) is 11.6 Å². The number of carbonyl (C=O) groups is 1. The van der Waals surface area contributed by atoms with Gasteiger partial charge in [0, 0.05) is 18.3 Å². The predicted molar refractivity (Wildman–Crippen MR) is 94.4 cm³/mol. The van der Waals surface area contributed by atoms with Crippen molar-refractivity contribution in [3.8, 4) is 16.9 Å². The zero-order chi connectivity index (χ0) is 19.6. The molecule has 3 aromatic rings. The number of aryl methyl sites for hydroxylation is 1. The zero-order valence-corrected chi connectivity index (χ0v) is 14.4. The van der Waals surface area contributed by atoms with Gasteiger partial charge in [0.25, 0.3) is 0 Å². The molecular formula is C19H17F2N3O3. The lowest BCUT2D eigenvalue weighted by atomic mass is 10.0. The molecule has 1 heterocycles. The van der Waals surface area contributed by atoms with Crippen LogP contribution in [0.1, 0.15) is 16.7 Å². The molecule has 3 N–H and O–H groups in total. The minimum atomic E-state index is -1.12. The molecule has 1 aromatic heterocycles. The van der Waals surface area contributed by atoms with Gasteiger partial charge in [-0.1, -0.05) is 12.1 Å². The van der Waals surface area contributed by atoms with Crippen molar-refractivity contribution in [3.05, 3.63) is 70.9 Å². The first-order chi connectivity index (χ1) is 12.9. The minimum absolute atomic E-state index is 0.134. The SMILES string of the molecule is Cc1ccc(-c2ccn(-c3c(F)cc(CO)cc3F)n2)cc1CNC(=O)O. The number of aliphatic hydroxyl groups is 1. The van der Waals surface area contributed by atoms with Crippen LogP contribution in [0.25, 0.3) is 16.9 Å². The molecule has 0 radical (unpaired) electrons. The predicted octanol–water partition coefficient (Wildman–Crippen LogP) is 3.39. The van der Waals surface area contributed by atoms with Gasteiger partial charge in [0.05, 0.1) is 12.3 Å². The van der Waals surface area contributed by atoms with Crippen molar-refractivity contribution in [2.45, 2.75) is 20.1 Å². The van der Waals surface area contributed by atoms with Crippen molar-refractivity contribution in [2.24, 2.45) is 0 Å². The second kappa shape index (κ2) is 7.55. The average Bonchev–Trinajstić information content (AvgIpc) is 3.09. The monoisotopic (exact) mass is 373 g/mol. The molecular weight excluding hydrogens is 356 g/mol. The maximum atomic E-state index is 14.2. The third kappa shape index (κ3) is 3.95. The van der Waals surface area contributed by atoms with Gasteiger partial charge in [-0.2, -0.15) is 5.10 Å². The number of hydrogen-bond donors (Lipinski definition) is 3. The average molecular weight is 373 g/mol. The molecule has 0 aliphatic carbocycles. The largest absolute Gasteiger partial charge is 0.465 e. The highest BCUT2D eigenvalue weighted by Gasteiger charge is 2.15. The highest BCUT2D eigenvalue weighted by Crippen LogP contribution is 2.24. The Morgan fingerprint density at radius 2 is 1.89 bits per heavy atom. The Hall–Kier alpha value is -3.26. The second-order valence-corrected chi connectivity index (χ2v) is 6.01. The van der Waals surface area contributed by atoms with Crippen molar-refractivity contribution in [3.63, 3.8) is 0 Å². The van der Waals surface area contributed by atoms with E-state index in [9.17, 15) is 13.6 Å². The van der Waals surface area contributed by atoms with Gasteiger partial charge in [-0.25, -0.2) is 18.3 Å². The Balaban J connectivity index is 1.95. The number of nitrogens with one attached hydrogen (secondary N) is 1. The first-order valence-corrected chi connectivity index (χ1v) is 8.10. The summed E-state index contributed by atoms with van der Waals surface area (Å²) in [4.78, 5) is 10.7. The number of amides is 1. The van der Waals surface area contributed by atoms with Gasteiger partial charge in [0.1, 0.15) is 5.69 Å². The number of nitrogens with zero attached hydrogens (tertiary/aromatic N) is 2. The van der Waals surface area contributed by atoms with Gasteiger partial charge in [-0.05, 0) is 47.9 Å². The third-order valence-electron chi connectivity index (χ3n) is 4.15. The lowest BCUT2D eigenvalue weighted by Gasteiger charge is -2.09. The third-order valence-corrected chi connectivity index (χ3v) is 4.15. The Labute approximate surface area is 153 Å². The topological polar surface area (TPSA) is 87.4 Å². The first-order valence-electron chi connectivity index (χ1n) is 8.10. The van der Waals surface area contributed by atoms with Gasteiger partial charge in [-0.15, -0.1) is 0 Å². The first kappa shape index (κ1) is 18.5. The molecule has 0 saturated heterocycles. The number of aromatic nitrogens is 2. The molecule has 0 bridgehead atoms. The summed E-state index contributed by atoms with van der Waals surface area (Å²) in [5, 5.41) is 24.3. The fourth-order valence-corrected chi connectivity index (χ4v) is 2.72. The molecule has 140 valence electrons. The number of aliphatic hydroxyl groups excluding tert-OH is 1. The second-order valence-electron chi connectivity index (χ2n) is 6.01. The van der Waals surface area contributed by atoms with Crippen LogP contribution in [0.3, 0.4) is 0 Å². The molecule has 1 amide bonds. The van der Waals surface area contributed by atoms with Crippen molar-refractivity contribution in [1.29, 1.82) is 0 Å². The van der Waals surface area contributed by atoms with Crippen LogP contribution in [0.2, 0.25) is 0 Å². The normalized spacial score (nSPS) is 10.8. The van der Waals surface area contributed by atoms with Crippen LogP contribution in [0.4, 0.5) is 13.6 Å². The molecule has 0 spiro atoms. The summed E-state index contributed by atoms with van der Waals surface area (Å²) < 4.78 is 29.5. The number of carboxylic acid groups (broad SMARTS) is 1. The van der Waals surface area contributed by atoms with E-state index in [0.29, 0.717) is 11.3 Å². The summed E-state index contributed by atoms with van der Waals surface area (Å²) in [5.41, 5.74) is 2.65. The van der Waals surface area contributed by atoms with Gasteiger partial charge >= 0.3 is 6.09 Å². The number of benzene rings is 2. The maximum absolute atomic E-state index is 14.2. The molecule has 8 heteroatoms. The Kier molecular flexibility index (Phi) is 5.18. The fraction of sp³-hybridized carbons (Fsp3) is 0.158. The molecule has 27 heavy (non-hydrogen) atoms. The summed E-state index contributed by atoms with van der Waals surface area (Å²) in [6.45, 7) is 1.53. The highest BCUT2D eigenvalue weighted by molar-refractivity contribution is 5.65. The summed E-state index contributed by atoms with van der Waals surface area (Å²) in [7, 11) is 0. The Bertz CT molecular complexity index is 979. The zero-order valence-electron chi connectivity index (χ0n) is 14.4. The fourth-order valence-electron chi connectivity index (χ4n) is 2.72. The van der Waals surface area contributed by atoms with Crippen LogP contribution >= 0.6 is 0 Å². The minimum Gasteiger partial charge on any atom is -0.465 e. The van der Waals surface area contributed by atoms with Gasteiger partial charge < -0.3 is 15.5 Å². The molecule has 0 fully saturated rings. The highest BCUT2D eigenvalue weighted by atomic mass is 19.1. The van der Waals surface area contributed by atoms with Crippen LogP contribution < -0.4 is 5.32 Å². The molecule has 0 unspecified atom stereocenters. The number of rotatable bonds is 5. The summed E-state index contributed by atoms with van der Waals surface area (Å²) in [5.74, 6) is -1.66. The van der Waals surface area contributed by atoms with E-state index in [1.165, 1.54) is 6.20 Å². The smallest absolute Gasteiger partial charge is 0.404 e. The van der Waals surface area contributed by atoms with Crippen molar-refractivity contribution >= 4 is 6.09 Å². The standard InChI is InChI=1S/C19H17F2N3O3/c1-11-2-3-13(8-14(11)9-22-19(26)27)17-4-5-24(23-17)18-15(20)6-12(10-25)7-16(18)21/h2-8,22,25H,9-10H2,1H3,(H,26,27). The maximum Gasteiger partial charge on any atom is 0.404 e. The summed E-state index contributed by atoms with van der Waals surface area (Å²) >= 11 is 0. The van der Waals surface area contributed by atoms with Crippen LogP contribution in [-0.2, 0) is 13.2 Å². The van der Waals surface area contributed by atoms with E-state index >= 15 is 0 Å². The quantitative estimate of drug-likeness (QED) is 0.640. The van der Waals surface area contributed by atoms with E-state index in [4.69, 9.17) is 10.2 Å². The Morgan fingerprint density at radius 1 is 1.19 bits per heavy atom. The van der Waals surface area contributed by atoms with E-state index in [1.807, 2.05) is 13.0 Å². The van der Waals surface area contributed by atoms with Crippen LogP contribution in [0, 0.1) is 18.6 Å². The van der Waals surface area contributed by atoms with Gasteiger partial charge in [-0.3, -0.25) is 0 Å². The Morgan fingerprint density at radius 3 is 2.52 bits per heavy atom. The number of halogens is 2. The van der Waals surface area contributed by atoms with E-state index < -0.39 is 24.3 Å². The number of hydrogen-bond acceptors (Lipinski definition) is 3. The van der Waals surface area contributed by atoms with Crippen molar-refractivity contribution in [2.75, 3.05) is 0 Å². The van der Waals surface area contributed by atoms with E-state index in [-0.39, 0.29) is 17.8 Å². The molecule has 6 nitrogen and oxygen atoms in total. The summed E-state index contributed by atoms with van der Waals surface area (Å²) in [6, 6.07) is 9.12. The lowest BCUT2D eigenvalue weighted by molar-refractivity contribution is 0.194. The molecule has 0 atom stereocenters. The molecule has 2 aromatic carbocycles. The van der Waals surface area contributed by atoms with E-state index in [2.05, 4.69) is 10.4 Å². The van der Waals surface area contributed by atoms with E-state index in [1.54, 1.807) is 18.2 Å².